The molecule has 100 valence electrons. The Morgan fingerprint density at radius 1 is 1.24 bits per heavy atom. The predicted octanol–water partition coefficient (Wildman–Crippen LogP) is 1.67. The number of piperidine rings is 1. The summed E-state index contributed by atoms with van der Waals surface area (Å²) in [5.41, 5.74) is 3.01. The van der Waals surface area contributed by atoms with Gasteiger partial charge in [0.15, 0.2) is 0 Å². The Morgan fingerprint density at radius 2 is 1.76 bits per heavy atom. The first kappa shape index (κ1) is 14.5. The number of hydrogen-bond acceptors (Lipinski definition) is 3. The van der Waals surface area contributed by atoms with Crippen LogP contribution in [-0.4, -0.2) is 35.1 Å². The van der Waals surface area contributed by atoms with Gasteiger partial charge in [-0.3, -0.25) is 10.2 Å². The molecule has 0 aromatic carbocycles. The molecule has 1 aliphatic rings. The molecule has 2 N–H and O–H groups in total. The molecule has 1 saturated heterocycles. The molecule has 1 fully saturated rings. The molecule has 1 aliphatic heterocycles. The van der Waals surface area contributed by atoms with E-state index in [4.69, 9.17) is 0 Å². The third-order valence-electron chi connectivity index (χ3n) is 3.23. The zero-order valence-corrected chi connectivity index (χ0v) is 11.8. The molecule has 1 rings (SSSR count). The van der Waals surface area contributed by atoms with Crippen molar-refractivity contribution in [2.24, 2.45) is 0 Å². The Labute approximate surface area is 105 Å². The number of carbonyl (C=O) groups excluding carboxylic acids is 1. The van der Waals surface area contributed by atoms with Crippen molar-refractivity contribution in [2.75, 3.05) is 6.54 Å². The van der Waals surface area contributed by atoms with Crippen molar-refractivity contribution in [3.05, 3.63) is 0 Å². The van der Waals surface area contributed by atoms with E-state index in [1.807, 2.05) is 0 Å². The van der Waals surface area contributed by atoms with Crippen LogP contribution >= 0.6 is 0 Å². The van der Waals surface area contributed by atoms with Crippen LogP contribution in [0.5, 0.6) is 0 Å². The van der Waals surface area contributed by atoms with Crippen molar-refractivity contribution >= 4 is 5.91 Å². The third kappa shape index (κ3) is 5.04. The standard InChI is InChI=1S/C13H27N3O/c1-10-7-6-8-11(2)16(10)15-12(17)9-14-13(3,4)5/h10-11,14H,6-9H2,1-5H3,(H,15,17). The van der Waals surface area contributed by atoms with Crippen LogP contribution in [0.2, 0.25) is 0 Å². The SMILES string of the molecule is CC1CCCC(C)N1NC(=O)CNC(C)(C)C. The van der Waals surface area contributed by atoms with Crippen molar-refractivity contribution in [1.29, 1.82) is 0 Å². The first-order valence-corrected chi connectivity index (χ1v) is 6.62. The highest BCUT2D eigenvalue weighted by Gasteiger charge is 2.26. The van der Waals surface area contributed by atoms with Gasteiger partial charge >= 0.3 is 0 Å². The molecule has 1 amide bonds. The molecular formula is C13H27N3O. The second-order valence-corrected chi connectivity index (χ2v) is 6.17. The second kappa shape index (κ2) is 5.83. The largest absolute Gasteiger partial charge is 0.304 e. The lowest BCUT2D eigenvalue weighted by Gasteiger charge is -2.38. The molecule has 2 unspecified atom stereocenters. The van der Waals surface area contributed by atoms with Crippen molar-refractivity contribution in [2.45, 2.75) is 71.5 Å². The molecule has 0 bridgehead atoms. The average Bonchev–Trinajstić information content (AvgIpc) is 2.20. The Balaban J connectivity index is 2.39. The quantitative estimate of drug-likeness (QED) is 0.790. The normalized spacial score (nSPS) is 26.9. The van der Waals surface area contributed by atoms with E-state index in [-0.39, 0.29) is 11.4 Å². The van der Waals surface area contributed by atoms with E-state index in [1.165, 1.54) is 6.42 Å². The van der Waals surface area contributed by atoms with Crippen LogP contribution in [0.15, 0.2) is 0 Å². The molecule has 0 aliphatic carbocycles. The molecule has 0 radical (unpaired) electrons. The molecule has 0 aromatic heterocycles. The summed E-state index contributed by atoms with van der Waals surface area (Å²) in [5, 5.41) is 5.31. The fourth-order valence-electron chi connectivity index (χ4n) is 2.17. The second-order valence-electron chi connectivity index (χ2n) is 6.17. The number of hydrogen-bond donors (Lipinski definition) is 2. The average molecular weight is 241 g/mol. The topological polar surface area (TPSA) is 44.4 Å². The maximum atomic E-state index is 11.8. The lowest BCUT2D eigenvalue weighted by Crippen LogP contribution is -2.56. The lowest BCUT2D eigenvalue weighted by molar-refractivity contribution is -0.128. The van der Waals surface area contributed by atoms with Crippen LogP contribution < -0.4 is 10.7 Å². The molecule has 2 atom stereocenters. The molecule has 0 aromatic rings. The van der Waals surface area contributed by atoms with Gasteiger partial charge in [0.05, 0.1) is 6.54 Å². The number of amides is 1. The van der Waals surface area contributed by atoms with E-state index in [1.54, 1.807) is 0 Å². The summed E-state index contributed by atoms with van der Waals surface area (Å²) >= 11 is 0. The highest BCUT2D eigenvalue weighted by molar-refractivity contribution is 5.77. The first-order valence-electron chi connectivity index (χ1n) is 6.62. The summed E-state index contributed by atoms with van der Waals surface area (Å²) in [4.78, 5) is 11.8. The minimum Gasteiger partial charge on any atom is -0.304 e. The van der Waals surface area contributed by atoms with E-state index < -0.39 is 0 Å². The summed E-state index contributed by atoms with van der Waals surface area (Å²) in [5.74, 6) is 0.0560. The van der Waals surface area contributed by atoms with E-state index in [0.29, 0.717) is 18.6 Å². The summed E-state index contributed by atoms with van der Waals surface area (Å²) in [7, 11) is 0. The van der Waals surface area contributed by atoms with Gasteiger partial charge in [-0.25, -0.2) is 5.01 Å². The van der Waals surface area contributed by atoms with E-state index in [0.717, 1.165) is 12.8 Å². The smallest absolute Gasteiger partial charge is 0.248 e. The van der Waals surface area contributed by atoms with Gasteiger partial charge in [-0.15, -0.1) is 0 Å². The van der Waals surface area contributed by atoms with Crippen LogP contribution in [0.25, 0.3) is 0 Å². The van der Waals surface area contributed by atoms with E-state index in [2.05, 4.69) is 50.4 Å². The number of nitrogens with one attached hydrogen (secondary N) is 2. The van der Waals surface area contributed by atoms with Gasteiger partial charge in [-0.05, 0) is 47.5 Å². The maximum absolute atomic E-state index is 11.8. The van der Waals surface area contributed by atoms with Crippen LogP contribution in [0.3, 0.4) is 0 Å². The molecule has 0 spiro atoms. The summed E-state index contributed by atoms with van der Waals surface area (Å²) in [6.07, 6.45) is 3.59. The minimum atomic E-state index is -0.0174. The van der Waals surface area contributed by atoms with Gasteiger partial charge < -0.3 is 5.32 Å². The summed E-state index contributed by atoms with van der Waals surface area (Å²) in [6, 6.07) is 0.884. The zero-order chi connectivity index (χ0) is 13.1. The number of rotatable bonds is 3. The van der Waals surface area contributed by atoms with Crippen LogP contribution in [0, 0.1) is 0 Å². The van der Waals surface area contributed by atoms with Crippen LogP contribution in [-0.2, 0) is 4.79 Å². The fraction of sp³-hybridized carbons (Fsp3) is 0.923. The van der Waals surface area contributed by atoms with Crippen molar-refractivity contribution in [1.82, 2.24) is 15.8 Å². The Bertz CT molecular complexity index is 250. The molecule has 4 heteroatoms. The highest BCUT2D eigenvalue weighted by atomic mass is 16.2. The first-order chi connectivity index (χ1) is 7.79. The molecule has 17 heavy (non-hydrogen) atoms. The molecule has 1 heterocycles. The van der Waals surface area contributed by atoms with Gasteiger partial charge in [0.1, 0.15) is 0 Å². The van der Waals surface area contributed by atoms with Gasteiger partial charge in [0.2, 0.25) is 5.91 Å². The monoisotopic (exact) mass is 241 g/mol. The van der Waals surface area contributed by atoms with Gasteiger partial charge in [0.25, 0.3) is 0 Å². The van der Waals surface area contributed by atoms with Gasteiger partial charge in [-0.2, -0.15) is 0 Å². The highest BCUT2D eigenvalue weighted by Crippen LogP contribution is 2.19. The molecular weight excluding hydrogens is 214 g/mol. The van der Waals surface area contributed by atoms with Crippen LogP contribution in [0.1, 0.15) is 53.9 Å². The van der Waals surface area contributed by atoms with Crippen molar-refractivity contribution in [3.63, 3.8) is 0 Å². The number of nitrogens with zero attached hydrogens (tertiary/aromatic N) is 1. The van der Waals surface area contributed by atoms with Gasteiger partial charge in [0, 0.05) is 17.6 Å². The lowest BCUT2D eigenvalue weighted by atomic mass is 10.00. The van der Waals surface area contributed by atoms with E-state index >= 15 is 0 Å². The summed E-state index contributed by atoms with van der Waals surface area (Å²) in [6.45, 7) is 10.9. The summed E-state index contributed by atoms with van der Waals surface area (Å²) < 4.78 is 0. The van der Waals surface area contributed by atoms with Crippen LogP contribution in [0.4, 0.5) is 0 Å². The fourth-order valence-corrected chi connectivity index (χ4v) is 2.17. The number of hydrazine groups is 1. The molecule has 4 nitrogen and oxygen atoms in total. The Hall–Kier alpha value is -0.610. The third-order valence-corrected chi connectivity index (χ3v) is 3.23. The molecule has 0 saturated carbocycles. The van der Waals surface area contributed by atoms with E-state index in [9.17, 15) is 4.79 Å². The van der Waals surface area contributed by atoms with Gasteiger partial charge in [-0.1, -0.05) is 6.42 Å². The Kier molecular flexibility index (Phi) is 4.95. The Morgan fingerprint density at radius 3 is 2.24 bits per heavy atom. The number of carbonyl (C=O) groups is 1. The minimum absolute atomic E-state index is 0.0174. The zero-order valence-electron chi connectivity index (χ0n) is 11.8. The maximum Gasteiger partial charge on any atom is 0.248 e. The van der Waals surface area contributed by atoms with Crippen molar-refractivity contribution < 1.29 is 4.79 Å². The predicted molar refractivity (Wildman–Crippen MR) is 70.5 cm³/mol. The van der Waals surface area contributed by atoms with Crippen molar-refractivity contribution in [3.8, 4) is 0 Å².